The van der Waals surface area contributed by atoms with E-state index < -0.39 is 0 Å². The molecular weight excluding hydrogens is 248 g/mol. The maximum atomic E-state index is 5.84. The summed E-state index contributed by atoms with van der Waals surface area (Å²) in [5.74, 6) is 1.68. The van der Waals surface area contributed by atoms with Gasteiger partial charge < -0.3 is 4.74 Å². The molecule has 0 saturated heterocycles. The van der Waals surface area contributed by atoms with Crippen molar-refractivity contribution in [3.63, 3.8) is 0 Å². The molecule has 3 heteroatoms. The van der Waals surface area contributed by atoms with Crippen LogP contribution >= 0.6 is 0 Å². The van der Waals surface area contributed by atoms with E-state index in [0.29, 0.717) is 0 Å². The molecule has 20 heavy (non-hydrogen) atoms. The maximum Gasteiger partial charge on any atom is 0.127 e. The molecule has 1 heterocycles. The number of ether oxygens (including phenoxy) is 1. The van der Waals surface area contributed by atoms with Gasteiger partial charge in [0, 0.05) is 5.56 Å². The lowest BCUT2D eigenvalue weighted by Gasteiger charge is -2.07. The lowest BCUT2D eigenvalue weighted by molar-refractivity contribution is 0.444. The van der Waals surface area contributed by atoms with Crippen LogP contribution < -0.4 is 4.74 Å². The third-order valence-corrected chi connectivity index (χ3v) is 3.16. The first-order chi connectivity index (χ1) is 9.83. The highest BCUT2D eigenvalue weighted by Crippen LogP contribution is 2.24. The van der Waals surface area contributed by atoms with Crippen molar-refractivity contribution in [1.82, 2.24) is 10.2 Å². The Bertz CT molecular complexity index is 675. The van der Waals surface area contributed by atoms with Crippen LogP contribution in [0.5, 0.6) is 5.75 Å². The molecule has 1 N–H and O–H groups in total. The van der Waals surface area contributed by atoms with Crippen molar-refractivity contribution in [2.45, 2.75) is 13.3 Å². The van der Waals surface area contributed by atoms with Gasteiger partial charge in [-0.3, -0.25) is 5.10 Å². The Kier molecular flexibility index (Phi) is 3.50. The topological polar surface area (TPSA) is 37.9 Å². The van der Waals surface area contributed by atoms with Gasteiger partial charge in [0.2, 0.25) is 0 Å². The van der Waals surface area contributed by atoms with Crippen molar-refractivity contribution in [3.05, 3.63) is 72.2 Å². The molecule has 0 aliphatic heterocycles. The molecule has 2 aromatic rings. The second-order valence-corrected chi connectivity index (χ2v) is 4.69. The summed E-state index contributed by atoms with van der Waals surface area (Å²) in [6.07, 6.45) is 12.9. The molecule has 0 unspecified atom stereocenters. The molecule has 1 aliphatic carbocycles. The highest BCUT2D eigenvalue weighted by atomic mass is 16.5. The molecule has 0 spiro atoms. The van der Waals surface area contributed by atoms with Crippen LogP contribution in [0, 0.1) is 6.92 Å². The number of nitrogens with one attached hydrogen (secondary N) is 1. The summed E-state index contributed by atoms with van der Waals surface area (Å²) in [6.45, 7) is 2.04. The van der Waals surface area contributed by atoms with Gasteiger partial charge in [-0.2, -0.15) is 5.10 Å². The second kappa shape index (κ2) is 5.61. The molecule has 0 atom stereocenters. The smallest absolute Gasteiger partial charge is 0.127 e. The molecular formula is C17H16N2O. The molecule has 3 nitrogen and oxygen atoms in total. The van der Waals surface area contributed by atoms with Gasteiger partial charge in [-0.15, -0.1) is 0 Å². The molecule has 0 bridgehead atoms. The summed E-state index contributed by atoms with van der Waals surface area (Å²) in [5, 5.41) is 7.05. The zero-order chi connectivity index (χ0) is 13.8. The van der Waals surface area contributed by atoms with Gasteiger partial charge >= 0.3 is 0 Å². The van der Waals surface area contributed by atoms with Crippen molar-refractivity contribution >= 4 is 0 Å². The number of aromatic nitrogens is 2. The van der Waals surface area contributed by atoms with E-state index >= 15 is 0 Å². The quantitative estimate of drug-likeness (QED) is 0.903. The Hall–Kier alpha value is -2.55. The number of nitrogens with zero attached hydrogens (tertiary/aromatic N) is 1. The predicted molar refractivity (Wildman–Crippen MR) is 80.4 cm³/mol. The normalized spacial score (nSPS) is 13.9. The third kappa shape index (κ3) is 2.72. The minimum atomic E-state index is 0.831. The number of H-pyrrole nitrogens is 1. The van der Waals surface area contributed by atoms with Gasteiger partial charge in [0.05, 0.1) is 11.9 Å². The highest BCUT2D eigenvalue weighted by Gasteiger charge is 2.04. The van der Waals surface area contributed by atoms with E-state index in [4.69, 9.17) is 4.74 Å². The fourth-order valence-corrected chi connectivity index (χ4v) is 2.09. The molecule has 1 aromatic heterocycles. The van der Waals surface area contributed by atoms with Gasteiger partial charge in [-0.1, -0.05) is 18.2 Å². The Morgan fingerprint density at radius 1 is 1.15 bits per heavy atom. The van der Waals surface area contributed by atoms with Crippen molar-refractivity contribution in [2.75, 3.05) is 0 Å². The highest BCUT2D eigenvalue weighted by molar-refractivity contribution is 5.63. The third-order valence-electron chi connectivity index (χ3n) is 3.16. The molecule has 1 aliphatic rings. The molecule has 0 fully saturated rings. The number of allylic oxidation sites excluding steroid dienone is 5. The Balaban J connectivity index is 1.78. The lowest BCUT2D eigenvalue weighted by atomic mass is 10.1. The summed E-state index contributed by atoms with van der Waals surface area (Å²) in [4.78, 5) is 0. The van der Waals surface area contributed by atoms with Crippen LogP contribution in [0.3, 0.4) is 0 Å². The van der Waals surface area contributed by atoms with Crippen LogP contribution in [0.2, 0.25) is 0 Å². The average molecular weight is 264 g/mol. The standard InChI is InChI=1S/C17H16N2O/c1-13-12-18-19-17(13)14-8-10-16(11-9-14)20-15-6-4-2-3-5-7-15/h2,4-12H,3H2,1H3,(H,18,19). The van der Waals surface area contributed by atoms with E-state index in [-0.39, 0.29) is 0 Å². The largest absolute Gasteiger partial charge is 0.457 e. The molecule has 3 rings (SSSR count). The van der Waals surface area contributed by atoms with Crippen LogP contribution in [-0.2, 0) is 0 Å². The molecule has 0 saturated carbocycles. The van der Waals surface area contributed by atoms with E-state index in [2.05, 4.69) is 22.3 Å². The lowest BCUT2D eigenvalue weighted by Crippen LogP contribution is -1.91. The Morgan fingerprint density at radius 2 is 2.00 bits per heavy atom. The molecule has 0 radical (unpaired) electrons. The number of aromatic amines is 1. The van der Waals surface area contributed by atoms with Crippen molar-refractivity contribution in [3.8, 4) is 17.0 Å². The summed E-state index contributed by atoms with van der Waals surface area (Å²) >= 11 is 0. The molecule has 0 amide bonds. The number of rotatable bonds is 3. The first-order valence-corrected chi connectivity index (χ1v) is 6.64. The molecule has 100 valence electrons. The number of hydrogen-bond acceptors (Lipinski definition) is 2. The number of aryl methyl sites for hydroxylation is 1. The first kappa shape index (κ1) is 12.5. The maximum absolute atomic E-state index is 5.84. The Morgan fingerprint density at radius 3 is 2.75 bits per heavy atom. The van der Waals surface area contributed by atoms with Crippen LogP contribution in [-0.4, -0.2) is 10.2 Å². The van der Waals surface area contributed by atoms with E-state index in [1.165, 1.54) is 0 Å². The monoisotopic (exact) mass is 264 g/mol. The summed E-state index contributed by atoms with van der Waals surface area (Å²) in [7, 11) is 0. The van der Waals surface area contributed by atoms with E-state index in [1.807, 2.05) is 55.6 Å². The average Bonchev–Trinajstić information content (AvgIpc) is 2.73. The van der Waals surface area contributed by atoms with Crippen LogP contribution in [0.1, 0.15) is 12.0 Å². The van der Waals surface area contributed by atoms with Crippen LogP contribution in [0.4, 0.5) is 0 Å². The zero-order valence-corrected chi connectivity index (χ0v) is 11.3. The van der Waals surface area contributed by atoms with Crippen LogP contribution in [0.15, 0.2) is 66.6 Å². The van der Waals surface area contributed by atoms with Gasteiger partial charge in [-0.05, 0) is 55.3 Å². The number of benzene rings is 1. The zero-order valence-electron chi connectivity index (χ0n) is 11.3. The van der Waals surface area contributed by atoms with Crippen LogP contribution in [0.25, 0.3) is 11.3 Å². The van der Waals surface area contributed by atoms with E-state index in [1.54, 1.807) is 0 Å². The Labute approximate surface area is 118 Å². The van der Waals surface area contributed by atoms with Gasteiger partial charge in [0.25, 0.3) is 0 Å². The van der Waals surface area contributed by atoms with Crippen molar-refractivity contribution in [2.24, 2.45) is 0 Å². The second-order valence-electron chi connectivity index (χ2n) is 4.69. The van der Waals surface area contributed by atoms with E-state index in [9.17, 15) is 0 Å². The SMILES string of the molecule is Cc1cn[nH]c1-c1ccc(OC2=CC=CCC=C2)cc1. The van der Waals surface area contributed by atoms with Crippen molar-refractivity contribution < 1.29 is 4.74 Å². The molecule has 1 aromatic carbocycles. The summed E-state index contributed by atoms with van der Waals surface area (Å²) in [5.41, 5.74) is 3.30. The van der Waals surface area contributed by atoms with E-state index in [0.717, 1.165) is 34.8 Å². The van der Waals surface area contributed by atoms with Gasteiger partial charge in [-0.25, -0.2) is 0 Å². The predicted octanol–water partition coefficient (Wildman–Crippen LogP) is 4.16. The van der Waals surface area contributed by atoms with Gasteiger partial charge in [0.1, 0.15) is 11.5 Å². The number of hydrogen-bond donors (Lipinski definition) is 1. The summed E-state index contributed by atoms with van der Waals surface area (Å²) in [6, 6.07) is 8.01. The van der Waals surface area contributed by atoms with Crippen molar-refractivity contribution in [1.29, 1.82) is 0 Å². The first-order valence-electron chi connectivity index (χ1n) is 6.64. The minimum absolute atomic E-state index is 0.831. The summed E-state index contributed by atoms with van der Waals surface area (Å²) < 4.78 is 5.84. The van der Waals surface area contributed by atoms with Gasteiger partial charge in [0.15, 0.2) is 0 Å². The minimum Gasteiger partial charge on any atom is -0.457 e. The fraction of sp³-hybridized carbons (Fsp3) is 0.118. The fourth-order valence-electron chi connectivity index (χ4n) is 2.09.